The van der Waals surface area contributed by atoms with Gasteiger partial charge in [0.05, 0.1) is 6.21 Å². The molecule has 0 radical (unpaired) electrons. The van der Waals surface area contributed by atoms with Gasteiger partial charge in [0.25, 0.3) is 0 Å². The Kier molecular flexibility index (Phi) is 4.05. The molecule has 110 valence electrons. The van der Waals surface area contributed by atoms with Crippen LogP contribution in [0.4, 0.5) is 0 Å². The number of aromatic amines is 1. The van der Waals surface area contributed by atoms with E-state index in [0.29, 0.717) is 27.8 Å². The second-order valence-corrected chi connectivity index (χ2v) is 5.47. The van der Waals surface area contributed by atoms with Gasteiger partial charge in [-0.3, -0.25) is 5.10 Å². The maximum absolute atomic E-state index is 9.78. The minimum Gasteiger partial charge on any atom is -0.507 e. The average Bonchev–Trinajstić information content (AvgIpc) is 3.09. The Morgan fingerprint density at radius 2 is 2.43 bits per heavy atom. The molecular formula is C13H13ClN4O2S. The van der Waals surface area contributed by atoms with E-state index in [9.17, 15) is 5.11 Å². The third-order valence-corrected chi connectivity index (χ3v) is 3.69. The number of ether oxygens (including phenoxy) is 1. The number of rotatable bonds is 3. The lowest BCUT2D eigenvalue weighted by molar-refractivity contribution is 0.102. The molecule has 1 atom stereocenters. The van der Waals surface area contributed by atoms with E-state index in [0.717, 1.165) is 12.8 Å². The van der Waals surface area contributed by atoms with Gasteiger partial charge in [0.2, 0.25) is 4.77 Å². The minimum atomic E-state index is -0.108. The predicted molar refractivity (Wildman–Crippen MR) is 81.4 cm³/mol. The molecule has 2 aromatic rings. The quantitative estimate of drug-likeness (QED) is 0.672. The van der Waals surface area contributed by atoms with Crippen molar-refractivity contribution < 1.29 is 9.84 Å². The molecule has 1 aromatic heterocycles. The van der Waals surface area contributed by atoms with Gasteiger partial charge in [-0.15, -0.1) is 0 Å². The van der Waals surface area contributed by atoms with Gasteiger partial charge in [0, 0.05) is 17.2 Å². The van der Waals surface area contributed by atoms with E-state index in [-0.39, 0.29) is 11.9 Å². The summed E-state index contributed by atoms with van der Waals surface area (Å²) >= 11 is 11.1. The molecule has 1 fully saturated rings. The van der Waals surface area contributed by atoms with Gasteiger partial charge < -0.3 is 9.84 Å². The Morgan fingerprint density at radius 3 is 3.19 bits per heavy atom. The molecule has 0 bridgehead atoms. The second kappa shape index (κ2) is 5.97. The standard InChI is InChI=1S/C13H13ClN4O2S/c14-9-3-4-10(19)8(6-9)7-15-18-12(16-17-13(18)21)11-2-1-5-20-11/h3-4,6-7,11,19H,1-2,5H2,(H,17,21)/b15-7+/t11-/m0/s1. The van der Waals surface area contributed by atoms with Gasteiger partial charge in [0.15, 0.2) is 5.82 Å². The Bertz CT molecular complexity index is 734. The molecule has 0 spiro atoms. The van der Waals surface area contributed by atoms with E-state index < -0.39 is 0 Å². The van der Waals surface area contributed by atoms with Crippen molar-refractivity contribution in [3.05, 3.63) is 39.4 Å². The number of hydrogen-bond acceptors (Lipinski definition) is 5. The molecule has 1 aromatic carbocycles. The van der Waals surface area contributed by atoms with Crippen LogP contribution in [0, 0.1) is 4.77 Å². The molecular weight excluding hydrogens is 312 g/mol. The molecule has 2 heterocycles. The highest BCUT2D eigenvalue weighted by Crippen LogP contribution is 2.27. The molecule has 0 unspecified atom stereocenters. The van der Waals surface area contributed by atoms with Gasteiger partial charge in [0.1, 0.15) is 11.9 Å². The van der Waals surface area contributed by atoms with Crippen molar-refractivity contribution in [2.24, 2.45) is 5.10 Å². The van der Waals surface area contributed by atoms with Crippen LogP contribution in [0.2, 0.25) is 5.02 Å². The summed E-state index contributed by atoms with van der Waals surface area (Å²) in [6, 6.07) is 4.74. The molecule has 3 rings (SSSR count). The number of phenolic OH excluding ortho intramolecular Hbond substituents is 1. The monoisotopic (exact) mass is 324 g/mol. The van der Waals surface area contributed by atoms with Gasteiger partial charge in [-0.1, -0.05) is 11.6 Å². The van der Waals surface area contributed by atoms with Gasteiger partial charge in [-0.05, 0) is 43.3 Å². The van der Waals surface area contributed by atoms with Crippen molar-refractivity contribution in [1.82, 2.24) is 14.9 Å². The van der Waals surface area contributed by atoms with Crippen LogP contribution >= 0.6 is 23.8 Å². The number of H-pyrrole nitrogens is 1. The Morgan fingerprint density at radius 1 is 1.57 bits per heavy atom. The topological polar surface area (TPSA) is 75.4 Å². The summed E-state index contributed by atoms with van der Waals surface area (Å²) in [5.74, 6) is 0.729. The number of nitrogens with zero attached hydrogens (tertiary/aromatic N) is 3. The Balaban J connectivity index is 1.94. The second-order valence-electron chi connectivity index (χ2n) is 4.65. The number of nitrogens with one attached hydrogen (secondary N) is 1. The van der Waals surface area contributed by atoms with Crippen molar-refractivity contribution in [3.63, 3.8) is 0 Å². The summed E-state index contributed by atoms with van der Waals surface area (Å²) in [6.07, 6.45) is 3.26. The fourth-order valence-electron chi connectivity index (χ4n) is 2.15. The summed E-state index contributed by atoms with van der Waals surface area (Å²) < 4.78 is 7.47. The fourth-order valence-corrected chi connectivity index (χ4v) is 2.52. The number of aromatic nitrogens is 3. The van der Waals surface area contributed by atoms with Crippen LogP contribution in [0.15, 0.2) is 23.3 Å². The number of hydrogen-bond donors (Lipinski definition) is 2. The first-order chi connectivity index (χ1) is 10.1. The minimum absolute atomic E-state index is 0.0943. The Labute approximate surface area is 131 Å². The lowest BCUT2D eigenvalue weighted by Gasteiger charge is -2.07. The van der Waals surface area contributed by atoms with Crippen LogP contribution in [-0.4, -0.2) is 32.8 Å². The first-order valence-corrected chi connectivity index (χ1v) is 7.25. The summed E-state index contributed by atoms with van der Waals surface area (Å²) in [4.78, 5) is 0. The third-order valence-electron chi connectivity index (χ3n) is 3.20. The number of benzene rings is 1. The van der Waals surface area contributed by atoms with Crippen LogP contribution in [0.5, 0.6) is 5.75 Å². The van der Waals surface area contributed by atoms with E-state index in [4.69, 9.17) is 28.6 Å². The zero-order valence-electron chi connectivity index (χ0n) is 11.0. The van der Waals surface area contributed by atoms with E-state index in [1.165, 1.54) is 17.0 Å². The number of aromatic hydroxyl groups is 1. The van der Waals surface area contributed by atoms with Crippen LogP contribution in [0.25, 0.3) is 0 Å². The first-order valence-electron chi connectivity index (χ1n) is 6.47. The van der Waals surface area contributed by atoms with Gasteiger partial charge in [-0.25, -0.2) is 0 Å². The summed E-state index contributed by atoms with van der Waals surface area (Å²) in [5, 5.41) is 21.5. The molecule has 0 amide bonds. The molecule has 8 heteroatoms. The number of halogens is 1. The maximum Gasteiger partial charge on any atom is 0.216 e. The summed E-state index contributed by atoms with van der Waals surface area (Å²) in [5.41, 5.74) is 0.504. The first kappa shape index (κ1) is 14.2. The molecule has 2 N–H and O–H groups in total. The van der Waals surface area contributed by atoms with Crippen LogP contribution in [0.1, 0.15) is 30.3 Å². The molecule has 1 aliphatic rings. The molecule has 1 aliphatic heterocycles. The van der Waals surface area contributed by atoms with Gasteiger partial charge in [-0.2, -0.15) is 14.9 Å². The molecule has 1 saturated heterocycles. The zero-order valence-corrected chi connectivity index (χ0v) is 12.6. The van der Waals surface area contributed by atoms with Crippen molar-refractivity contribution >= 4 is 30.0 Å². The predicted octanol–water partition coefficient (Wildman–Crippen LogP) is 3.03. The van der Waals surface area contributed by atoms with E-state index >= 15 is 0 Å². The van der Waals surface area contributed by atoms with Crippen molar-refractivity contribution in [3.8, 4) is 5.75 Å². The van der Waals surface area contributed by atoms with E-state index in [1.807, 2.05) is 0 Å². The van der Waals surface area contributed by atoms with Crippen molar-refractivity contribution in [1.29, 1.82) is 0 Å². The van der Waals surface area contributed by atoms with Crippen molar-refractivity contribution in [2.75, 3.05) is 6.61 Å². The highest BCUT2D eigenvalue weighted by Gasteiger charge is 2.23. The smallest absolute Gasteiger partial charge is 0.216 e. The highest BCUT2D eigenvalue weighted by atomic mass is 35.5. The van der Waals surface area contributed by atoms with Crippen LogP contribution in [0.3, 0.4) is 0 Å². The lowest BCUT2D eigenvalue weighted by Crippen LogP contribution is -2.05. The molecule has 6 nitrogen and oxygen atoms in total. The zero-order chi connectivity index (χ0) is 14.8. The molecule has 0 saturated carbocycles. The average molecular weight is 325 g/mol. The molecule has 0 aliphatic carbocycles. The fraction of sp³-hybridized carbons (Fsp3) is 0.308. The summed E-state index contributed by atoms with van der Waals surface area (Å²) in [7, 11) is 0. The SMILES string of the molecule is Oc1ccc(Cl)cc1/C=N/n1c([C@@H]2CCCO2)n[nH]c1=S. The van der Waals surface area contributed by atoms with E-state index in [2.05, 4.69) is 15.3 Å². The van der Waals surface area contributed by atoms with Crippen LogP contribution in [-0.2, 0) is 4.74 Å². The van der Waals surface area contributed by atoms with Crippen LogP contribution < -0.4 is 0 Å². The number of phenols is 1. The normalized spacial score (nSPS) is 18.6. The highest BCUT2D eigenvalue weighted by molar-refractivity contribution is 7.71. The maximum atomic E-state index is 9.78. The largest absolute Gasteiger partial charge is 0.507 e. The van der Waals surface area contributed by atoms with Crippen molar-refractivity contribution in [2.45, 2.75) is 18.9 Å². The Hall–Kier alpha value is -1.70. The van der Waals surface area contributed by atoms with Gasteiger partial charge >= 0.3 is 0 Å². The third kappa shape index (κ3) is 2.99. The lowest BCUT2D eigenvalue weighted by atomic mass is 10.2. The molecule has 21 heavy (non-hydrogen) atoms. The summed E-state index contributed by atoms with van der Waals surface area (Å²) in [6.45, 7) is 0.711. The van der Waals surface area contributed by atoms with E-state index in [1.54, 1.807) is 12.1 Å².